The molecule has 2 aliphatic carbocycles. The SMILES string of the molecule is CCCCc1ccc(C2CCC(CCC3CCC(CCC=CC#N)CC3)CC2)cc1. The maximum Gasteiger partial charge on any atom is 0.0908 e. The normalized spacial score (nSPS) is 27.2. The van der Waals surface area contributed by atoms with Crippen LogP contribution in [0.3, 0.4) is 0 Å². The number of hydrogen-bond donors (Lipinski definition) is 0. The van der Waals surface area contributed by atoms with Crippen molar-refractivity contribution in [2.75, 3.05) is 0 Å². The van der Waals surface area contributed by atoms with Gasteiger partial charge in [-0.3, -0.25) is 0 Å². The summed E-state index contributed by atoms with van der Waals surface area (Å²) in [5.74, 6) is 3.70. The highest BCUT2D eigenvalue weighted by molar-refractivity contribution is 5.26. The van der Waals surface area contributed by atoms with E-state index in [4.69, 9.17) is 5.26 Å². The number of nitrogens with zero attached hydrogens (tertiary/aromatic N) is 1. The van der Waals surface area contributed by atoms with E-state index in [2.05, 4.69) is 37.3 Å². The standard InChI is InChI=1S/C29H43N/c1-2-3-7-24-15-19-28(20-16-24)29-21-17-27(18-22-29)14-13-26-11-9-25(10-12-26)8-5-4-6-23-30/h4,6,15-16,19-20,25-27,29H,2-3,5,7-14,17-18,21-22H2,1H3. The third kappa shape index (κ3) is 7.61. The molecule has 0 unspecified atom stereocenters. The molecule has 0 N–H and O–H groups in total. The molecule has 0 spiro atoms. The zero-order valence-electron chi connectivity index (χ0n) is 19.3. The van der Waals surface area contributed by atoms with Crippen LogP contribution in [0.4, 0.5) is 0 Å². The molecule has 3 rings (SSSR count). The molecule has 1 heteroatoms. The molecule has 0 aliphatic heterocycles. The Morgan fingerprint density at radius 2 is 1.40 bits per heavy atom. The first kappa shape index (κ1) is 23.1. The summed E-state index contributed by atoms with van der Waals surface area (Å²) < 4.78 is 0. The Balaban J connectivity index is 1.30. The van der Waals surface area contributed by atoms with E-state index in [9.17, 15) is 0 Å². The summed E-state index contributed by atoms with van der Waals surface area (Å²) in [5, 5.41) is 8.58. The minimum absolute atomic E-state index is 0.812. The second-order valence-electron chi connectivity index (χ2n) is 10.1. The van der Waals surface area contributed by atoms with Crippen LogP contribution in [0.25, 0.3) is 0 Å². The Bertz CT molecular complexity index is 649. The lowest BCUT2D eigenvalue weighted by Gasteiger charge is -2.32. The number of hydrogen-bond acceptors (Lipinski definition) is 1. The van der Waals surface area contributed by atoms with E-state index in [-0.39, 0.29) is 0 Å². The zero-order valence-corrected chi connectivity index (χ0v) is 19.3. The number of nitriles is 1. The van der Waals surface area contributed by atoms with Crippen molar-refractivity contribution in [1.82, 2.24) is 0 Å². The van der Waals surface area contributed by atoms with Crippen LogP contribution in [-0.2, 0) is 6.42 Å². The minimum Gasteiger partial charge on any atom is -0.193 e. The summed E-state index contributed by atoms with van der Waals surface area (Å²) in [6.45, 7) is 2.27. The van der Waals surface area contributed by atoms with Crippen LogP contribution in [0.2, 0.25) is 0 Å². The molecule has 30 heavy (non-hydrogen) atoms. The fraction of sp³-hybridized carbons (Fsp3) is 0.690. The molecule has 0 saturated heterocycles. The first-order valence-electron chi connectivity index (χ1n) is 12.9. The average molecular weight is 406 g/mol. The van der Waals surface area contributed by atoms with Gasteiger partial charge in [0.15, 0.2) is 0 Å². The van der Waals surface area contributed by atoms with Crippen molar-refractivity contribution in [2.45, 2.75) is 109 Å². The highest BCUT2D eigenvalue weighted by Crippen LogP contribution is 2.40. The summed E-state index contributed by atoms with van der Waals surface area (Å²) >= 11 is 0. The number of allylic oxidation sites excluding steroid dienone is 2. The first-order chi connectivity index (χ1) is 14.8. The van der Waals surface area contributed by atoms with Gasteiger partial charge in [-0.1, -0.05) is 82.2 Å². The molecule has 2 aliphatic rings. The molecule has 0 bridgehead atoms. The van der Waals surface area contributed by atoms with Gasteiger partial charge in [0.05, 0.1) is 6.07 Å². The summed E-state index contributed by atoms with van der Waals surface area (Å²) in [6.07, 6.45) is 24.3. The molecular weight excluding hydrogens is 362 g/mol. The number of rotatable bonds is 10. The van der Waals surface area contributed by atoms with Crippen LogP contribution in [-0.4, -0.2) is 0 Å². The first-order valence-corrected chi connectivity index (χ1v) is 12.9. The van der Waals surface area contributed by atoms with Crippen molar-refractivity contribution in [1.29, 1.82) is 5.26 Å². The molecule has 0 radical (unpaired) electrons. The fourth-order valence-electron chi connectivity index (χ4n) is 5.87. The summed E-state index contributed by atoms with van der Waals surface area (Å²) in [4.78, 5) is 0. The lowest BCUT2D eigenvalue weighted by atomic mass is 9.74. The lowest BCUT2D eigenvalue weighted by molar-refractivity contribution is 0.225. The van der Waals surface area contributed by atoms with Crippen LogP contribution in [0.5, 0.6) is 0 Å². The Morgan fingerprint density at radius 1 is 0.833 bits per heavy atom. The molecule has 2 saturated carbocycles. The molecule has 1 nitrogen and oxygen atoms in total. The maximum atomic E-state index is 8.58. The second kappa shape index (κ2) is 13.0. The highest BCUT2D eigenvalue weighted by atomic mass is 14.3. The molecule has 2 fully saturated rings. The Labute approximate surface area is 186 Å². The summed E-state index contributed by atoms with van der Waals surface area (Å²) in [5.41, 5.74) is 3.11. The predicted molar refractivity (Wildman–Crippen MR) is 128 cm³/mol. The number of benzene rings is 1. The number of aryl methyl sites for hydroxylation is 1. The third-order valence-corrected chi connectivity index (χ3v) is 8.00. The second-order valence-corrected chi connectivity index (χ2v) is 10.1. The van der Waals surface area contributed by atoms with Crippen LogP contribution in [0.1, 0.15) is 114 Å². The van der Waals surface area contributed by atoms with Gasteiger partial charge in [-0.25, -0.2) is 0 Å². The van der Waals surface area contributed by atoms with Crippen molar-refractivity contribution >= 4 is 0 Å². The monoisotopic (exact) mass is 405 g/mol. The van der Waals surface area contributed by atoms with Crippen molar-refractivity contribution in [3.05, 3.63) is 47.5 Å². The van der Waals surface area contributed by atoms with E-state index in [0.29, 0.717) is 0 Å². The van der Waals surface area contributed by atoms with Gasteiger partial charge >= 0.3 is 0 Å². The summed E-state index contributed by atoms with van der Waals surface area (Å²) in [7, 11) is 0. The zero-order chi connectivity index (χ0) is 21.0. The van der Waals surface area contributed by atoms with Gasteiger partial charge in [-0.15, -0.1) is 0 Å². The van der Waals surface area contributed by atoms with Gasteiger partial charge in [0.2, 0.25) is 0 Å². The van der Waals surface area contributed by atoms with Crippen molar-refractivity contribution in [3.8, 4) is 6.07 Å². The molecule has 0 heterocycles. The maximum absolute atomic E-state index is 8.58. The lowest BCUT2D eigenvalue weighted by Crippen LogP contribution is -2.17. The molecule has 0 aromatic heterocycles. The Kier molecular flexibility index (Phi) is 10.0. The van der Waals surface area contributed by atoms with E-state index in [0.717, 1.165) is 30.1 Å². The molecular formula is C29H43N. The Hall–Kier alpha value is -1.55. The van der Waals surface area contributed by atoms with E-state index < -0.39 is 0 Å². The van der Waals surface area contributed by atoms with Gasteiger partial charge in [0.25, 0.3) is 0 Å². The smallest absolute Gasteiger partial charge is 0.0908 e. The van der Waals surface area contributed by atoms with Crippen molar-refractivity contribution in [2.24, 2.45) is 17.8 Å². The molecule has 0 atom stereocenters. The number of unbranched alkanes of at least 4 members (excludes halogenated alkanes) is 1. The predicted octanol–water partition coefficient (Wildman–Crippen LogP) is 8.75. The van der Waals surface area contributed by atoms with Gasteiger partial charge in [-0.05, 0) is 86.2 Å². The quantitative estimate of drug-likeness (QED) is 0.357. The highest BCUT2D eigenvalue weighted by Gasteiger charge is 2.25. The molecule has 1 aromatic rings. The summed E-state index contributed by atoms with van der Waals surface area (Å²) in [6, 6.07) is 11.7. The van der Waals surface area contributed by atoms with E-state index in [1.165, 1.54) is 95.5 Å². The molecule has 164 valence electrons. The van der Waals surface area contributed by atoms with Crippen LogP contribution >= 0.6 is 0 Å². The topological polar surface area (TPSA) is 23.8 Å². The fourth-order valence-corrected chi connectivity index (χ4v) is 5.87. The average Bonchev–Trinajstić information content (AvgIpc) is 2.81. The van der Waals surface area contributed by atoms with Gasteiger partial charge in [0, 0.05) is 6.08 Å². The van der Waals surface area contributed by atoms with Crippen molar-refractivity contribution in [3.63, 3.8) is 0 Å². The minimum atomic E-state index is 0.812. The van der Waals surface area contributed by atoms with E-state index >= 15 is 0 Å². The van der Waals surface area contributed by atoms with Crippen LogP contribution in [0.15, 0.2) is 36.4 Å². The van der Waals surface area contributed by atoms with Gasteiger partial charge in [-0.2, -0.15) is 5.26 Å². The van der Waals surface area contributed by atoms with Crippen LogP contribution < -0.4 is 0 Å². The van der Waals surface area contributed by atoms with E-state index in [1.54, 1.807) is 11.6 Å². The largest absolute Gasteiger partial charge is 0.193 e. The van der Waals surface area contributed by atoms with Crippen LogP contribution in [0, 0.1) is 29.1 Å². The van der Waals surface area contributed by atoms with Crippen molar-refractivity contribution < 1.29 is 0 Å². The van der Waals surface area contributed by atoms with Gasteiger partial charge < -0.3 is 0 Å². The van der Waals surface area contributed by atoms with E-state index in [1.807, 2.05) is 6.08 Å². The molecule has 0 amide bonds. The third-order valence-electron chi connectivity index (χ3n) is 8.00. The Morgan fingerprint density at radius 3 is 1.97 bits per heavy atom. The molecule has 1 aromatic carbocycles. The van der Waals surface area contributed by atoms with Gasteiger partial charge in [0.1, 0.15) is 0 Å².